The van der Waals surface area contributed by atoms with E-state index in [2.05, 4.69) is 10.6 Å². The van der Waals surface area contributed by atoms with Crippen LogP contribution in [-0.4, -0.2) is 30.4 Å². The molecule has 4 N–H and O–H groups in total. The van der Waals surface area contributed by atoms with Crippen LogP contribution in [0.3, 0.4) is 0 Å². The summed E-state index contributed by atoms with van der Waals surface area (Å²) in [4.78, 5) is 23.2. The average molecular weight is 253 g/mol. The van der Waals surface area contributed by atoms with Gasteiger partial charge in [0.25, 0.3) is 5.91 Å². The Kier molecular flexibility index (Phi) is 5.38. The van der Waals surface area contributed by atoms with Crippen molar-refractivity contribution in [2.45, 2.75) is 32.4 Å². The van der Waals surface area contributed by atoms with Gasteiger partial charge in [-0.3, -0.25) is 9.59 Å². The van der Waals surface area contributed by atoms with Crippen molar-refractivity contribution in [2.75, 3.05) is 6.54 Å². The van der Waals surface area contributed by atoms with Gasteiger partial charge in [0.05, 0.1) is 6.26 Å². The molecule has 0 saturated carbocycles. The first-order valence-electron chi connectivity index (χ1n) is 5.88. The summed E-state index contributed by atoms with van der Waals surface area (Å²) < 4.78 is 4.93. The minimum absolute atomic E-state index is 0.0401. The number of nitrogens with two attached hydrogens (primary N) is 1. The van der Waals surface area contributed by atoms with Crippen LogP contribution in [0, 0.1) is 0 Å². The van der Waals surface area contributed by atoms with E-state index in [4.69, 9.17) is 10.2 Å². The number of nitrogens with one attached hydrogen (secondary N) is 2. The zero-order chi connectivity index (χ0) is 13.5. The smallest absolute Gasteiger partial charge is 0.287 e. The highest BCUT2D eigenvalue weighted by molar-refractivity contribution is 5.95. The van der Waals surface area contributed by atoms with Crippen molar-refractivity contribution in [1.82, 2.24) is 10.6 Å². The van der Waals surface area contributed by atoms with Crippen LogP contribution < -0.4 is 16.4 Å². The number of rotatable bonds is 6. The maximum absolute atomic E-state index is 11.6. The first-order valence-corrected chi connectivity index (χ1v) is 5.88. The van der Waals surface area contributed by atoms with Crippen molar-refractivity contribution in [1.29, 1.82) is 0 Å². The highest BCUT2D eigenvalue weighted by atomic mass is 16.3. The van der Waals surface area contributed by atoms with E-state index in [0.29, 0.717) is 13.0 Å². The molecule has 0 bridgehead atoms. The van der Waals surface area contributed by atoms with E-state index < -0.39 is 11.9 Å². The van der Waals surface area contributed by atoms with Crippen LogP contribution in [0.5, 0.6) is 0 Å². The van der Waals surface area contributed by atoms with Crippen molar-refractivity contribution in [3.63, 3.8) is 0 Å². The Morgan fingerprint density at radius 2 is 2.17 bits per heavy atom. The number of carbonyl (C=O) groups excluding carboxylic acids is 2. The Morgan fingerprint density at radius 3 is 2.72 bits per heavy atom. The molecule has 1 aromatic rings. The Morgan fingerprint density at radius 1 is 1.44 bits per heavy atom. The molecule has 1 heterocycles. The SMILES string of the molecule is CC(N)CCNC(=O)C(C)NC(=O)c1ccco1. The third-order valence-corrected chi connectivity index (χ3v) is 2.38. The Labute approximate surface area is 106 Å². The summed E-state index contributed by atoms with van der Waals surface area (Å²) in [6.07, 6.45) is 2.10. The molecular formula is C12H19N3O3. The fourth-order valence-corrected chi connectivity index (χ4v) is 1.32. The van der Waals surface area contributed by atoms with E-state index >= 15 is 0 Å². The lowest BCUT2D eigenvalue weighted by Gasteiger charge is -2.13. The van der Waals surface area contributed by atoms with E-state index in [-0.39, 0.29) is 17.7 Å². The Balaban J connectivity index is 2.33. The summed E-state index contributed by atoms with van der Waals surface area (Å²) in [6.45, 7) is 3.98. The van der Waals surface area contributed by atoms with Gasteiger partial charge < -0.3 is 20.8 Å². The predicted molar refractivity (Wildman–Crippen MR) is 66.9 cm³/mol. The summed E-state index contributed by atoms with van der Waals surface area (Å²) in [5.41, 5.74) is 5.57. The molecule has 6 heteroatoms. The monoisotopic (exact) mass is 253 g/mol. The first-order chi connectivity index (χ1) is 8.50. The van der Waals surface area contributed by atoms with E-state index in [1.54, 1.807) is 13.0 Å². The minimum Gasteiger partial charge on any atom is -0.459 e. The second kappa shape index (κ2) is 6.80. The van der Waals surface area contributed by atoms with Gasteiger partial charge in [0.2, 0.25) is 5.91 Å². The molecule has 0 fully saturated rings. The fraction of sp³-hybridized carbons (Fsp3) is 0.500. The highest BCUT2D eigenvalue weighted by Gasteiger charge is 2.17. The van der Waals surface area contributed by atoms with E-state index in [1.165, 1.54) is 12.3 Å². The standard InChI is InChI=1S/C12H19N3O3/c1-8(13)5-6-14-11(16)9(2)15-12(17)10-4-3-7-18-10/h3-4,7-9H,5-6,13H2,1-2H3,(H,14,16)(H,15,17). The van der Waals surface area contributed by atoms with Crippen molar-refractivity contribution in [3.05, 3.63) is 24.2 Å². The van der Waals surface area contributed by atoms with Gasteiger partial charge in [-0.2, -0.15) is 0 Å². The molecule has 1 aromatic heterocycles. The number of hydrogen-bond acceptors (Lipinski definition) is 4. The summed E-state index contributed by atoms with van der Waals surface area (Å²) in [5, 5.41) is 5.24. The molecule has 6 nitrogen and oxygen atoms in total. The molecule has 0 aliphatic heterocycles. The molecule has 100 valence electrons. The van der Waals surface area contributed by atoms with Crippen molar-refractivity contribution >= 4 is 11.8 Å². The van der Waals surface area contributed by atoms with Crippen LogP contribution in [0.4, 0.5) is 0 Å². The van der Waals surface area contributed by atoms with Crippen LogP contribution >= 0.6 is 0 Å². The minimum atomic E-state index is -0.615. The Bertz CT molecular complexity index is 387. The van der Waals surface area contributed by atoms with E-state index in [0.717, 1.165) is 0 Å². The van der Waals surface area contributed by atoms with Gasteiger partial charge >= 0.3 is 0 Å². The largest absolute Gasteiger partial charge is 0.459 e. The fourth-order valence-electron chi connectivity index (χ4n) is 1.32. The number of hydrogen-bond donors (Lipinski definition) is 3. The molecule has 0 saturated heterocycles. The lowest BCUT2D eigenvalue weighted by Crippen LogP contribution is -2.45. The van der Waals surface area contributed by atoms with Gasteiger partial charge in [-0.1, -0.05) is 0 Å². The molecule has 0 radical (unpaired) electrons. The maximum atomic E-state index is 11.6. The van der Waals surface area contributed by atoms with Gasteiger partial charge in [0.15, 0.2) is 5.76 Å². The molecule has 0 aliphatic carbocycles. The Hall–Kier alpha value is -1.82. The molecule has 2 atom stereocenters. The quantitative estimate of drug-likeness (QED) is 0.677. The van der Waals surface area contributed by atoms with E-state index in [9.17, 15) is 9.59 Å². The van der Waals surface area contributed by atoms with Crippen LogP contribution in [0.15, 0.2) is 22.8 Å². The summed E-state index contributed by atoms with van der Waals surface area (Å²) in [7, 11) is 0. The third kappa shape index (κ3) is 4.58. The van der Waals surface area contributed by atoms with Crippen LogP contribution in [0.2, 0.25) is 0 Å². The average Bonchev–Trinajstić information content (AvgIpc) is 2.81. The molecule has 0 aliphatic rings. The zero-order valence-electron chi connectivity index (χ0n) is 10.6. The lowest BCUT2D eigenvalue weighted by molar-refractivity contribution is -0.122. The van der Waals surface area contributed by atoms with Crippen molar-refractivity contribution < 1.29 is 14.0 Å². The van der Waals surface area contributed by atoms with Crippen LogP contribution in [0.25, 0.3) is 0 Å². The van der Waals surface area contributed by atoms with Gasteiger partial charge in [0.1, 0.15) is 6.04 Å². The molecule has 1 rings (SSSR count). The predicted octanol–water partition coefficient (Wildman–Crippen LogP) is 0.251. The normalized spacial score (nSPS) is 13.7. The summed E-state index contributed by atoms with van der Waals surface area (Å²) >= 11 is 0. The molecule has 18 heavy (non-hydrogen) atoms. The van der Waals surface area contributed by atoms with Gasteiger partial charge in [-0.05, 0) is 32.4 Å². The van der Waals surface area contributed by atoms with Gasteiger partial charge in [0, 0.05) is 12.6 Å². The van der Waals surface area contributed by atoms with Crippen molar-refractivity contribution in [2.24, 2.45) is 5.73 Å². The summed E-state index contributed by atoms with van der Waals surface area (Å²) in [6, 6.07) is 2.58. The molecule has 2 amide bonds. The summed E-state index contributed by atoms with van der Waals surface area (Å²) in [5.74, 6) is -0.462. The number of carbonyl (C=O) groups is 2. The highest BCUT2D eigenvalue weighted by Crippen LogP contribution is 2.00. The lowest BCUT2D eigenvalue weighted by atomic mass is 10.2. The third-order valence-electron chi connectivity index (χ3n) is 2.38. The maximum Gasteiger partial charge on any atom is 0.287 e. The topological polar surface area (TPSA) is 97.4 Å². The second-order valence-electron chi connectivity index (χ2n) is 4.23. The number of amides is 2. The van der Waals surface area contributed by atoms with Crippen molar-refractivity contribution in [3.8, 4) is 0 Å². The molecular weight excluding hydrogens is 234 g/mol. The van der Waals surface area contributed by atoms with Crippen LogP contribution in [-0.2, 0) is 4.79 Å². The van der Waals surface area contributed by atoms with Crippen LogP contribution in [0.1, 0.15) is 30.8 Å². The molecule has 2 unspecified atom stereocenters. The molecule has 0 aromatic carbocycles. The zero-order valence-corrected chi connectivity index (χ0v) is 10.6. The number of furan rings is 1. The first kappa shape index (κ1) is 14.2. The van der Waals surface area contributed by atoms with Gasteiger partial charge in [-0.15, -0.1) is 0 Å². The second-order valence-corrected chi connectivity index (χ2v) is 4.23. The molecule has 0 spiro atoms. The van der Waals surface area contributed by atoms with Gasteiger partial charge in [-0.25, -0.2) is 0 Å². The van der Waals surface area contributed by atoms with E-state index in [1.807, 2.05) is 6.92 Å².